The quantitative estimate of drug-likeness (QED) is 0.811. The van der Waals surface area contributed by atoms with Gasteiger partial charge in [0.05, 0.1) is 9.46 Å². The number of thioether (sulfide) groups is 1. The van der Waals surface area contributed by atoms with Crippen molar-refractivity contribution in [1.29, 1.82) is 0 Å². The van der Waals surface area contributed by atoms with E-state index in [1.807, 2.05) is 11.0 Å². The largest absolute Gasteiger partial charge is 0.339 e. The molecule has 0 radical (unpaired) electrons. The Balaban J connectivity index is 1.99. The summed E-state index contributed by atoms with van der Waals surface area (Å²) in [7, 11) is 0. The van der Waals surface area contributed by atoms with Crippen LogP contribution in [0.4, 0.5) is 0 Å². The number of carbonyl (C=O) groups excluding carboxylic acids is 1. The number of hydrogen-bond acceptors (Lipinski definition) is 3. The van der Waals surface area contributed by atoms with Crippen molar-refractivity contribution in [2.75, 3.05) is 6.54 Å². The fourth-order valence-corrected chi connectivity index (χ4v) is 3.85. The van der Waals surface area contributed by atoms with Crippen LogP contribution in [0, 0.1) is 0 Å². The van der Waals surface area contributed by atoms with E-state index in [-0.39, 0.29) is 5.25 Å². The highest BCUT2D eigenvalue weighted by Gasteiger charge is 2.33. The first-order valence-corrected chi connectivity index (χ1v) is 6.95. The highest BCUT2D eigenvalue weighted by atomic mass is 32.2. The maximum absolute atomic E-state index is 12.0. The van der Waals surface area contributed by atoms with Crippen molar-refractivity contribution in [3.05, 3.63) is 17.5 Å². The summed E-state index contributed by atoms with van der Waals surface area (Å²) in [6, 6.07) is 4.46. The zero-order valence-electron chi connectivity index (χ0n) is 8.97. The van der Waals surface area contributed by atoms with E-state index in [0.29, 0.717) is 11.9 Å². The Morgan fingerprint density at radius 3 is 2.93 bits per heavy atom. The van der Waals surface area contributed by atoms with E-state index in [0.717, 1.165) is 13.0 Å². The van der Waals surface area contributed by atoms with Gasteiger partial charge in [0.15, 0.2) is 0 Å². The van der Waals surface area contributed by atoms with E-state index in [9.17, 15) is 4.79 Å². The van der Waals surface area contributed by atoms with Gasteiger partial charge in [0, 0.05) is 12.6 Å². The van der Waals surface area contributed by atoms with E-state index >= 15 is 0 Å². The maximum Gasteiger partial charge on any atom is 0.236 e. The van der Waals surface area contributed by atoms with Crippen LogP contribution in [0.5, 0.6) is 0 Å². The maximum atomic E-state index is 12.0. The van der Waals surface area contributed by atoms with Crippen LogP contribution in [0.25, 0.3) is 0 Å². The van der Waals surface area contributed by atoms with Crippen molar-refractivity contribution in [2.24, 2.45) is 0 Å². The molecule has 1 atom stereocenters. The van der Waals surface area contributed by atoms with Crippen LogP contribution in [0.15, 0.2) is 21.7 Å². The minimum atomic E-state index is 0.144. The molecule has 0 spiro atoms. The molecule has 1 aromatic rings. The molecule has 1 amide bonds. The first-order valence-electron chi connectivity index (χ1n) is 5.19. The second-order valence-corrected chi connectivity index (χ2v) is 6.40. The summed E-state index contributed by atoms with van der Waals surface area (Å²) < 4.78 is 1.25. The van der Waals surface area contributed by atoms with Crippen molar-refractivity contribution >= 4 is 29.0 Å². The topological polar surface area (TPSA) is 20.3 Å². The van der Waals surface area contributed by atoms with Gasteiger partial charge in [-0.05, 0) is 31.7 Å². The van der Waals surface area contributed by atoms with Crippen LogP contribution in [-0.4, -0.2) is 28.6 Å². The lowest BCUT2D eigenvalue weighted by atomic mass is 10.3. The molecule has 0 bridgehead atoms. The standard InChI is InChI=1S/C11H15NOS2/c1-8(2)12-6-5-9(11(12)13)15-10-4-3-7-14-10/h3-4,7-9H,5-6H2,1-2H3. The minimum absolute atomic E-state index is 0.144. The van der Waals surface area contributed by atoms with Gasteiger partial charge in [-0.15, -0.1) is 23.1 Å². The number of thiophene rings is 1. The minimum Gasteiger partial charge on any atom is -0.339 e. The molecule has 15 heavy (non-hydrogen) atoms. The van der Waals surface area contributed by atoms with Gasteiger partial charge in [0.2, 0.25) is 5.91 Å². The van der Waals surface area contributed by atoms with E-state index in [2.05, 4.69) is 25.3 Å². The van der Waals surface area contributed by atoms with Gasteiger partial charge in [0.25, 0.3) is 0 Å². The molecular formula is C11H15NOS2. The Kier molecular flexibility index (Phi) is 3.36. The molecule has 1 unspecified atom stereocenters. The molecule has 1 aliphatic rings. The first-order chi connectivity index (χ1) is 7.18. The number of amides is 1. The van der Waals surface area contributed by atoms with Crippen molar-refractivity contribution in [1.82, 2.24) is 4.90 Å². The Morgan fingerprint density at radius 2 is 2.40 bits per heavy atom. The predicted octanol–water partition coefficient (Wildman–Crippen LogP) is 2.85. The fourth-order valence-electron chi connectivity index (χ4n) is 1.77. The second kappa shape index (κ2) is 4.58. The Morgan fingerprint density at radius 1 is 1.60 bits per heavy atom. The SMILES string of the molecule is CC(C)N1CCC(Sc2cccs2)C1=O. The van der Waals surface area contributed by atoms with Crippen molar-refractivity contribution in [2.45, 2.75) is 35.8 Å². The van der Waals surface area contributed by atoms with Crippen molar-refractivity contribution < 1.29 is 4.79 Å². The molecule has 82 valence electrons. The van der Waals surface area contributed by atoms with Crippen LogP contribution in [0.2, 0.25) is 0 Å². The van der Waals surface area contributed by atoms with Crippen molar-refractivity contribution in [3.8, 4) is 0 Å². The third kappa shape index (κ3) is 2.37. The molecule has 2 heterocycles. The summed E-state index contributed by atoms with van der Waals surface area (Å²) in [6.07, 6.45) is 0.986. The highest BCUT2D eigenvalue weighted by molar-refractivity contribution is 8.02. The molecule has 1 saturated heterocycles. The number of likely N-dealkylation sites (tertiary alicyclic amines) is 1. The van der Waals surface area contributed by atoms with E-state index < -0.39 is 0 Å². The van der Waals surface area contributed by atoms with E-state index in [1.54, 1.807) is 23.1 Å². The van der Waals surface area contributed by atoms with Crippen molar-refractivity contribution in [3.63, 3.8) is 0 Å². The van der Waals surface area contributed by atoms with E-state index in [4.69, 9.17) is 0 Å². The highest BCUT2D eigenvalue weighted by Crippen LogP contribution is 2.33. The monoisotopic (exact) mass is 241 g/mol. The first kappa shape index (κ1) is 11.0. The summed E-state index contributed by atoms with van der Waals surface area (Å²) >= 11 is 3.43. The molecule has 0 aromatic carbocycles. The van der Waals surface area contributed by atoms with Gasteiger partial charge in [-0.25, -0.2) is 0 Å². The number of rotatable bonds is 3. The van der Waals surface area contributed by atoms with Crippen LogP contribution >= 0.6 is 23.1 Å². The molecule has 4 heteroatoms. The Bertz CT molecular complexity index is 334. The number of carbonyl (C=O) groups is 1. The summed E-state index contributed by atoms with van der Waals surface area (Å²) in [6.45, 7) is 5.08. The molecular weight excluding hydrogens is 226 g/mol. The van der Waals surface area contributed by atoms with Gasteiger partial charge >= 0.3 is 0 Å². The molecule has 2 nitrogen and oxygen atoms in total. The molecule has 1 aliphatic heterocycles. The smallest absolute Gasteiger partial charge is 0.236 e. The zero-order chi connectivity index (χ0) is 10.8. The lowest BCUT2D eigenvalue weighted by Gasteiger charge is -2.20. The second-order valence-electron chi connectivity index (χ2n) is 3.95. The van der Waals surface area contributed by atoms with Crippen LogP contribution in [-0.2, 0) is 4.79 Å². The Hall–Kier alpha value is -0.480. The average Bonchev–Trinajstić information content (AvgIpc) is 2.78. The van der Waals surface area contributed by atoms with Crippen LogP contribution in [0.3, 0.4) is 0 Å². The van der Waals surface area contributed by atoms with Crippen LogP contribution in [0.1, 0.15) is 20.3 Å². The van der Waals surface area contributed by atoms with Gasteiger partial charge in [-0.1, -0.05) is 6.07 Å². The summed E-state index contributed by atoms with van der Waals surface area (Å²) in [4.78, 5) is 14.0. The van der Waals surface area contributed by atoms with Gasteiger partial charge in [-0.3, -0.25) is 4.79 Å². The zero-order valence-corrected chi connectivity index (χ0v) is 10.6. The van der Waals surface area contributed by atoms with Crippen LogP contribution < -0.4 is 0 Å². The summed E-state index contributed by atoms with van der Waals surface area (Å²) in [5.74, 6) is 0.309. The third-order valence-electron chi connectivity index (χ3n) is 2.57. The summed E-state index contributed by atoms with van der Waals surface area (Å²) in [5.41, 5.74) is 0. The summed E-state index contributed by atoms with van der Waals surface area (Å²) in [5, 5.41) is 2.20. The molecule has 2 rings (SSSR count). The van der Waals surface area contributed by atoms with Gasteiger partial charge in [0.1, 0.15) is 0 Å². The molecule has 1 fully saturated rings. The lowest BCUT2D eigenvalue weighted by Crippen LogP contribution is -2.34. The normalized spacial score (nSPS) is 21.7. The fraction of sp³-hybridized carbons (Fsp3) is 0.545. The van der Waals surface area contributed by atoms with Gasteiger partial charge < -0.3 is 4.90 Å². The van der Waals surface area contributed by atoms with E-state index in [1.165, 1.54) is 4.21 Å². The molecule has 0 saturated carbocycles. The lowest BCUT2D eigenvalue weighted by molar-refractivity contribution is -0.128. The number of hydrogen-bond donors (Lipinski definition) is 0. The predicted molar refractivity (Wildman–Crippen MR) is 65.4 cm³/mol. The molecule has 0 aliphatic carbocycles. The third-order valence-corrected chi connectivity index (χ3v) is 4.90. The Labute approximate surface area is 98.7 Å². The average molecular weight is 241 g/mol. The molecule has 1 aromatic heterocycles. The van der Waals surface area contributed by atoms with Gasteiger partial charge in [-0.2, -0.15) is 0 Å². The molecule has 0 N–H and O–H groups in total. The number of nitrogens with zero attached hydrogens (tertiary/aromatic N) is 1.